The molecule has 0 aliphatic heterocycles. The van der Waals surface area contributed by atoms with Crippen LogP contribution in [0.15, 0.2) is 0 Å². The zero-order valence-corrected chi connectivity index (χ0v) is 13.2. The van der Waals surface area contributed by atoms with E-state index >= 15 is 0 Å². The van der Waals surface area contributed by atoms with Gasteiger partial charge in [0.15, 0.2) is 5.82 Å². The maximum Gasteiger partial charge on any atom is 0.252 e. The molecule has 2 heterocycles. The summed E-state index contributed by atoms with van der Waals surface area (Å²) in [7, 11) is 0. The van der Waals surface area contributed by atoms with Crippen molar-refractivity contribution in [1.29, 1.82) is 0 Å². The lowest BCUT2D eigenvalue weighted by atomic mass is 10.1. The Bertz CT molecular complexity index is 647. The van der Waals surface area contributed by atoms with Gasteiger partial charge in [0.05, 0.1) is 6.42 Å². The van der Waals surface area contributed by atoms with Crippen LogP contribution in [0, 0.1) is 13.8 Å². The Hall–Kier alpha value is -1.98. The molecule has 0 radical (unpaired) electrons. The summed E-state index contributed by atoms with van der Waals surface area (Å²) in [5.41, 5.74) is 2.72. The highest BCUT2D eigenvalue weighted by atomic mass is 16.1. The van der Waals surface area contributed by atoms with Crippen molar-refractivity contribution < 1.29 is 4.79 Å². The number of rotatable bonds is 6. The van der Waals surface area contributed by atoms with Crippen molar-refractivity contribution in [3.8, 4) is 0 Å². The summed E-state index contributed by atoms with van der Waals surface area (Å²) in [6.45, 7) is 8.73. The minimum atomic E-state index is 0.0339. The Morgan fingerprint density at radius 1 is 1.24 bits per heavy atom. The van der Waals surface area contributed by atoms with Crippen LogP contribution < -0.4 is 5.32 Å². The van der Waals surface area contributed by atoms with E-state index in [1.807, 2.05) is 20.8 Å². The topological polar surface area (TPSA) is 72.2 Å². The molecule has 2 aromatic heterocycles. The van der Waals surface area contributed by atoms with E-state index in [1.54, 1.807) is 4.52 Å². The summed E-state index contributed by atoms with van der Waals surface area (Å²) in [4.78, 5) is 20.8. The van der Waals surface area contributed by atoms with Gasteiger partial charge in [0, 0.05) is 29.9 Å². The van der Waals surface area contributed by atoms with Gasteiger partial charge in [-0.3, -0.25) is 4.79 Å². The van der Waals surface area contributed by atoms with E-state index in [-0.39, 0.29) is 5.91 Å². The van der Waals surface area contributed by atoms with E-state index in [1.165, 1.54) is 0 Å². The minimum absolute atomic E-state index is 0.0339. The monoisotopic (exact) mass is 289 g/mol. The minimum Gasteiger partial charge on any atom is -0.356 e. The standard InChI is InChI=1S/C15H23N5O/c1-5-7-8-16-14(21)9-12-10(3)17-15-18-13(6-2)19-20(15)11(12)4/h5-9H2,1-4H3,(H,16,21). The zero-order valence-electron chi connectivity index (χ0n) is 13.2. The molecule has 0 spiro atoms. The molecule has 114 valence electrons. The zero-order chi connectivity index (χ0) is 15.4. The number of nitrogens with zero attached hydrogens (tertiary/aromatic N) is 4. The molecule has 0 unspecified atom stereocenters. The van der Waals surface area contributed by atoms with Crippen LogP contribution in [0.1, 0.15) is 49.5 Å². The Morgan fingerprint density at radius 2 is 2.00 bits per heavy atom. The molecule has 2 rings (SSSR count). The number of hydrogen-bond donors (Lipinski definition) is 1. The van der Waals surface area contributed by atoms with Crippen LogP contribution in [0.3, 0.4) is 0 Å². The van der Waals surface area contributed by atoms with E-state index in [0.717, 1.165) is 48.6 Å². The molecule has 6 nitrogen and oxygen atoms in total. The second-order valence-corrected chi connectivity index (χ2v) is 5.23. The third-order valence-corrected chi connectivity index (χ3v) is 3.60. The molecule has 0 aliphatic carbocycles. The van der Waals surface area contributed by atoms with Gasteiger partial charge in [0.2, 0.25) is 5.91 Å². The maximum absolute atomic E-state index is 12.0. The number of aryl methyl sites for hydroxylation is 3. The number of carbonyl (C=O) groups is 1. The van der Waals surface area contributed by atoms with Gasteiger partial charge >= 0.3 is 0 Å². The molecular formula is C15H23N5O. The third-order valence-electron chi connectivity index (χ3n) is 3.60. The van der Waals surface area contributed by atoms with Gasteiger partial charge in [-0.15, -0.1) is 5.10 Å². The maximum atomic E-state index is 12.0. The van der Waals surface area contributed by atoms with Crippen LogP contribution in [0.4, 0.5) is 0 Å². The van der Waals surface area contributed by atoms with Gasteiger partial charge in [-0.05, 0) is 20.3 Å². The van der Waals surface area contributed by atoms with E-state index in [9.17, 15) is 4.79 Å². The molecule has 0 saturated carbocycles. The van der Waals surface area contributed by atoms with Crippen molar-refractivity contribution in [2.24, 2.45) is 0 Å². The molecule has 0 atom stereocenters. The average molecular weight is 289 g/mol. The smallest absolute Gasteiger partial charge is 0.252 e. The number of hydrogen-bond acceptors (Lipinski definition) is 4. The average Bonchev–Trinajstić information content (AvgIpc) is 2.87. The van der Waals surface area contributed by atoms with Crippen molar-refractivity contribution in [3.63, 3.8) is 0 Å². The Kier molecular flexibility index (Phi) is 4.88. The molecule has 1 N–H and O–H groups in total. The first-order chi connectivity index (χ1) is 10.1. The molecule has 0 aliphatic rings. The van der Waals surface area contributed by atoms with Crippen LogP contribution in [0.25, 0.3) is 5.78 Å². The van der Waals surface area contributed by atoms with Gasteiger partial charge < -0.3 is 5.32 Å². The van der Waals surface area contributed by atoms with Gasteiger partial charge in [-0.2, -0.15) is 4.98 Å². The SMILES string of the molecule is CCCCNC(=O)Cc1c(C)nc2nc(CC)nn2c1C. The van der Waals surface area contributed by atoms with Gasteiger partial charge in [-0.25, -0.2) is 9.50 Å². The highest BCUT2D eigenvalue weighted by Crippen LogP contribution is 2.14. The number of unbranched alkanes of at least 4 members (excludes halogenated alkanes) is 1. The van der Waals surface area contributed by atoms with Crippen molar-refractivity contribution in [1.82, 2.24) is 24.9 Å². The molecule has 0 aromatic carbocycles. The van der Waals surface area contributed by atoms with Crippen LogP contribution in [0.5, 0.6) is 0 Å². The summed E-state index contributed by atoms with van der Waals surface area (Å²) in [5, 5.41) is 7.37. The normalized spacial score (nSPS) is 11.0. The molecular weight excluding hydrogens is 266 g/mol. The van der Waals surface area contributed by atoms with Crippen LogP contribution in [-0.2, 0) is 17.6 Å². The fourth-order valence-electron chi connectivity index (χ4n) is 2.28. The van der Waals surface area contributed by atoms with Crippen LogP contribution >= 0.6 is 0 Å². The van der Waals surface area contributed by atoms with E-state index < -0.39 is 0 Å². The van der Waals surface area contributed by atoms with Gasteiger partial charge in [0.1, 0.15) is 0 Å². The first kappa shape index (κ1) is 15.4. The lowest BCUT2D eigenvalue weighted by molar-refractivity contribution is -0.120. The van der Waals surface area contributed by atoms with Crippen molar-refractivity contribution in [2.75, 3.05) is 6.54 Å². The largest absolute Gasteiger partial charge is 0.356 e. The molecule has 2 aromatic rings. The number of aromatic nitrogens is 4. The van der Waals surface area contributed by atoms with E-state index in [4.69, 9.17) is 0 Å². The predicted octanol–water partition coefficient (Wildman–Crippen LogP) is 1.76. The van der Waals surface area contributed by atoms with E-state index in [2.05, 4.69) is 27.3 Å². The molecule has 21 heavy (non-hydrogen) atoms. The van der Waals surface area contributed by atoms with Crippen LogP contribution in [-0.4, -0.2) is 32.0 Å². The van der Waals surface area contributed by atoms with Crippen molar-refractivity contribution in [2.45, 2.75) is 53.4 Å². The Morgan fingerprint density at radius 3 is 2.67 bits per heavy atom. The molecule has 0 bridgehead atoms. The number of carbonyl (C=O) groups excluding carboxylic acids is 1. The fourth-order valence-corrected chi connectivity index (χ4v) is 2.28. The van der Waals surface area contributed by atoms with Gasteiger partial charge in [0.25, 0.3) is 5.78 Å². The first-order valence-electron chi connectivity index (χ1n) is 7.55. The second kappa shape index (κ2) is 6.65. The highest BCUT2D eigenvalue weighted by Gasteiger charge is 2.15. The van der Waals surface area contributed by atoms with Gasteiger partial charge in [-0.1, -0.05) is 20.3 Å². The van der Waals surface area contributed by atoms with Crippen LogP contribution in [0.2, 0.25) is 0 Å². The third kappa shape index (κ3) is 3.37. The number of nitrogens with one attached hydrogen (secondary N) is 1. The number of fused-ring (bicyclic) bond motifs is 1. The van der Waals surface area contributed by atoms with Crippen molar-refractivity contribution in [3.05, 3.63) is 22.8 Å². The first-order valence-corrected chi connectivity index (χ1v) is 7.55. The number of amides is 1. The fraction of sp³-hybridized carbons (Fsp3) is 0.600. The molecule has 1 amide bonds. The lowest BCUT2D eigenvalue weighted by Crippen LogP contribution is -2.27. The molecule has 0 saturated heterocycles. The predicted molar refractivity (Wildman–Crippen MR) is 81.3 cm³/mol. The molecule has 6 heteroatoms. The highest BCUT2D eigenvalue weighted by molar-refractivity contribution is 5.79. The van der Waals surface area contributed by atoms with E-state index in [0.29, 0.717) is 12.2 Å². The quantitative estimate of drug-likeness (QED) is 0.823. The van der Waals surface area contributed by atoms with Crippen molar-refractivity contribution >= 4 is 11.7 Å². The summed E-state index contributed by atoms with van der Waals surface area (Å²) in [6, 6.07) is 0. The molecule has 0 fully saturated rings. The summed E-state index contributed by atoms with van der Waals surface area (Å²) in [5.74, 6) is 1.41. The lowest BCUT2D eigenvalue weighted by Gasteiger charge is -2.10. The summed E-state index contributed by atoms with van der Waals surface area (Å²) >= 11 is 0. The second-order valence-electron chi connectivity index (χ2n) is 5.23. The Labute approximate surface area is 125 Å². The Balaban J connectivity index is 2.24. The summed E-state index contributed by atoms with van der Waals surface area (Å²) in [6.07, 6.45) is 3.19. The summed E-state index contributed by atoms with van der Waals surface area (Å²) < 4.78 is 1.74.